The van der Waals surface area contributed by atoms with E-state index in [9.17, 15) is 0 Å². The van der Waals surface area contributed by atoms with Crippen LogP contribution in [0.4, 0.5) is 0 Å². The number of imidazole rings is 1. The van der Waals surface area contributed by atoms with Crippen LogP contribution in [0.3, 0.4) is 0 Å². The predicted octanol–water partition coefficient (Wildman–Crippen LogP) is 1.14. The molecule has 0 unspecified atom stereocenters. The third-order valence-corrected chi connectivity index (χ3v) is 3.62. The van der Waals surface area contributed by atoms with Crippen molar-refractivity contribution >= 4 is 17.0 Å². The van der Waals surface area contributed by atoms with E-state index < -0.39 is 0 Å². The Morgan fingerprint density at radius 1 is 1.33 bits per heavy atom. The zero-order valence-electron chi connectivity index (χ0n) is 12.1. The minimum Gasteiger partial charge on any atom is -0.378 e. The normalized spacial score (nSPS) is 16.6. The number of morpholine rings is 1. The van der Waals surface area contributed by atoms with Crippen molar-refractivity contribution < 1.29 is 4.74 Å². The molecule has 0 spiro atoms. The van der Waals surface area contributed by atoms with Gasteiger partial charge >= 0.3 is 0 Å². The molecule has 21 heavy (non-hydrogen) atoms. The van der Waals surface area contributed by atoms with Crippen molar-refractivity contribution in [3.63, 3.8) is 0 Å². The summed E-state index contributed by atoms with van der Waals surface area (Å²) in [7, 11) is 0. The zero-order valence-corrected chi connectivity index (χ0v) is 12.1. The van der Waals surface area contributed by atoms with Crippen molar-refractivity contribution in [3.8, 4) is 0 Å². The minimum absolute atomic E-state index is 0.628. The Morgan fingerprint density at radius 3 is 2.95 bits per heavy atom. The Labute approximate surface area is 124 Å². The minimum atomic E-state index is 0.628. The highest BCUT2D eigenvalue weighted by atomic mass is 16.5. The number of aromatic amines is 1. The van der Waals surface area contributed by atoms with E-state index in [0.29, 0.717) is 5.96 Å². The van der Waals surface area contributed by atoms with E-state index in [1.807, 2.05) is 24.3 Å². The summed E-state index contributed by atoms with van der Waals surface area (Å²) in [4.78, 5) is 14.4. The number of fused-ring (bicyclic) bond motifs is 1. The third kappa shape index (κ3) is 3.52. The molecule has 0 radical (unpaired) electrons. The second kappa shape index (κ2) is 6.58. The van der Waals surface area contributed by atoms with Crippen LogP contribution in [-0.4, -0.2) is 53.7 Å². The molecule has 1 aromatic carbocycles. The summed E-state index contributed by atoms with van der Waals surface area (Å²) < 4.78 is 5.30. The molecule has 1 fully saturated rings. The molecule has 6 nitrogen and oxygen atoms in total. The molecule has 0 amide bonds. The molecule has 1 aliphatic rings. The number of aryl methyl sites for hydroxylation is 1. The van der Waals surface area contributed by atoms with Gasteiger partial charge in [-0.05, 0) is 18.6 Å². The van der Waals surface area contributed by atoms with Gasteiger partial charge < -0.3 is 20.4 Å². The monoisotopic (exact) mass is 287 g/mol. The molecule has 6 heteroatoms. The van der Waals surface area contributed by atoms with Crippen LogP contribution in [0.5, 0.6) is 0 Å². The van der Waals surface area contributed by atoms with Crippen molar-refractivity contribution in [2.24, 2.45) is 10.7 Å². The van der Waals surface area contributed by atoms with Crippen molar-refractivity contribution in [1.29, 1.82) is 0 Å². The quantitative estimate of drug-likeness (QED) is 0.502. The number of benzene rings is 1. The average Bonchev–Trinajstić information content (AvgIpc) is 2.95. The fourth-order valence-corrected chi connectivity index (χ4v) is 2.46. The van der Waals surface area contributed by atoms with Gasteiger partial charge in [0.05, 0.1) is 24.2 Å². The lowest BCUT2D eigenvalue weighted by atomic mass is 10.3. The molecule has 3 N–H and O–H groups in total. The molecule has 3 rings (SSSR count). The number of nitrogens with one attached hydrogen (secondary N) is 1. The number of aromatic nitrogens is 2. The summed E-state index contributed by atoms with van der Waals surface area (Å²) in [5.74, 6) is 1.64. The summed E-state index contributed by atoms with van der Waals surface area (Å²) in [6.45, 7) is 3.85. The average molecular weight is 287 g/mol. The third-order valence-electron chi connectivity index (χ3n) is 3.62. The first-order valence-electron chi connectivity index (χ1n) is 7.39. The Balaban J connectivity index is 1.49. The van der Waals surface area contributed by atoms with Gasteiger partial charge in [0.2, 0.25) is 0 Å². The van der Waals surface area contributed by atoms with E-state index in [1.54, 1.807) is 0 Å². The Bertz CT molecular complexity index is 582. The highest BCUT2D eigenvalue weighted by molar-refractivity contribution is 5.78. The topological polar surface area (TPSA) is 79.5 Å². The molecule has 1 saturated heterocycles. The van der Waals surface area contributed by atoms with E-state index >= 15 is 0 Å². The molecule has 2 aromatic rings. The number of nitrogens with two attached hydrogens (primary N) is 1. The number of ether oxygens (including phenoxy) is 1. The number of hydrogen-bond donors (Lipinski definition) is 2. The van der Waals surface area contributed by atoms with Gasteiger partial charge in [0, 0.05) is 26.1 Å². The van der Waals surface area contributed by atoms with E-state index in [-0.39, 0.29) is 0 Å². The number of aliphatic imine (C=N–C) groups is 1. The van der Waals surface area contributed by atoms with E-state index in [4.69, 9.17) is 10.5 Å². The first kappa shape index (κ1) is 13.9. The standard InChI is InChI=1S/C15H21N5O/c16-15(20-8-10-21-11-9-20)17-7-3-6-14-18-12-4-1-2-5-13(12)19-14/h1-2,4-5H,3,6-11H2,(H2,16,17)(H,18,19). The van der Waals surface area contributed by atoms with E-state index in [2.05, 4.69) is 19.9 Å². The first-order valence-corrected chi connectivity index (χ1v) is 7.39. The van der Waals surface area contributed by atoms with Crippen molar-refractivity contribution in [2.45, 2.75) is 12.8 Å². The zero-order chi connectivity index (χ0) is 14.5. The molecule has 0 saturated carbocycles. The van der Waals surface area contributed by atoms with Crippen LogP contribution < -0.4 is 5.73 Å². The maximum absolute atomic E-state index is 5.99. The van der Waals surface area contributed by atoms with Crippen LogP contribution in [0.1, 0.15) is 12.2 Å². The predicted molar refractivity (Wildman–Crippen MR) is 83.3 cm³/mol. The molecular formula is C15H21N5O. The highest BCUT2D eigenvalue weighted by Crippen LogP contribution is 2.11. The van der Waals surface area contributed by atoms with Crippen LogP contribution in [0.15, 0.2) is 29.3 Å². The summed E-state index contributed by atoms with van der Waals surface area (Å²) in [5, 5.41) is 0. The molecule has 112 valence electrons. The SMILES string of the molecule is NC(=NCCCc1nc2ccccc2[nH]1)N1CCOCC1. The number of nitrogens with zero attached hydrogens (tertiary/aromatic N) is 3. The first-order chi connectivity index (χ1) is 10.3. The number of guanidine groups is 1. The molecule has 0 atom stereocenters. The fraction of sp³-hybridized carbons (Fsp3) is 0.467. The summed E-state index contributed by atoms with van der Waals surface area (Å²) >= 11 is 0. The van der Waals surface area contributed by atoms with Crippen LogP contribution in [0.25, 0.3) is 11.0 Å². The Hall–Kier alpha value is -2.08. The maximum atomic E-state index is 5.99. The van der Waals surface area contributed by atoms with Gasteiger partial charge in [-0.1, -0.05) is 12.1 Å². The summed E-state index contributed by atoms with van der Waals surface area (Å²) in [6, 6.07) is 8.07. The van der Waals surface area contributed by atoms with Gasteiger partial charge in [0.15, 0.2) is 5.96 Å². The lowest BCUT2D eigenvalue weighted by molar-refractivity contribution is 0.0674. The van der Waals surface area contributed by atoms with Crippen LogP contribution in [-0.2, 0) is 11.2 Å². The molecule has 1 aliphatic heterocycles. The van der Waals surface area contributed by atoms with Crippen molar-refractivity contribution in [2.75, 3.05) is 32.8 Å². The molecule has 0 aliphatic carbocycles. The number of rotatable bonds is 4. The van der Waals surface area contributed by atoms with E-state index in [0.717, 1.165) is 62.5 Å². The van der Waals surface area contributed by atoms with Gasteiger partial charge in [0.25, 0.3) is 0 Å². The van der Waals surface area contributed by atoms with Gasteiger partial charge in [-0.25, -0.2) is 4.98 Å². The summed E-state index contributed by atoms with van der Waals surface area (Å²) in [6.07, 6.45) is 1.82. The van der Waals surface area contributed by atoms with Gasteiger partial charge in [-0.15, -0.1) is 0 Å². The Morgan fingerprint density at radius 2 is 2.14 bits per heavy atom. The maximum Gasteiger partial charge on any atom is 0.191 e. The number of H-pyrrole nitrogens is 1. The van der Waals surface area contributed by atoms with Gasteiger partial charge in [-0.2, -0.15) is 0 Å². The lowest BCUT2D eigenvalue weighted by Crippen LogP contribution is -2.44. The lowest BCUT2D eigenvalue weighted by Gasteiger charge is -2.27. The van der Waals surface area contributed by atoms with Crippen molar-refractivity contribution in [1.82, 2.24) is 14.9 Å². The van der Waals surface area contributed by atoms with E-state index in [1.165, 1.54) is 0 Å². The smallest absolute Gasteiger partial charge is 0.191 e. The fourth-order valence-electron chi connectivity index (χ4n) is 2.46. The molecule has 2 heterocycles. The number of hydrogen-bond acceptors (Lipinski definition) is 3. The molecule has 1 aromatic heterocycles. The van der Waals surface area contributed by atoms with Crippen molar-refractivity contribution in [3.05, 3.63) is 30.1 Å². The van der Waals surface area contributed by atoms with Gasteiger partial charge in [-0.3, -0.25) is 4.99 Å². The second-order valence-corrected chi connectivity index (χ2v) is 5.14. The van der Waals surface area contributed by atoms with Crippen LogP contribution in [0.2, 0.25) is 0 Å². The highest BCUT2D eigenvalue weighted by Gasteiger charge is 2.11. The Kier molecular flexibility index (Phi) is 4.35. The summed E-state index contributed by atoms with van der Waals surface area (Å²) in [5.41, 5.74) is 8.09. The molecular weight excluding hydrogens is 266 g/mol. The largest absolute Gasteiger partial charge is 0.378 e. The number of para-hydroxylation sites is 2. The van der Waals surface area contributed by atoms with Gasteiger partial charge in [0.1, 0.15) is 5.82 Å². The van der Waals surface area contributed by atoms with Crippen LogP contribution >= 0.6 is 0 Å². The van der Waals surface area contributed by atoms with Crippen LogP contribution in [0, 0.1) is 0 Å². The second-order valence-electron chi connectivity index (χ2n) is 5.14. The molecule has 0 bridgehead atoms.